The van der Waals surface area contributed by atoms with E-state index in [-0.39, 0.29) is 0 Å². The van der Waals surface area contributed by atoms with E-state index in [1.807, 2.05) is 0 Å². The smallest absolute Gasteiger partial charge is 0.417 e. The molecule has 14 heavy (non-hydrogen) atoms. The van der Waals surface area contributed by atoms with Crippen LogP contribution in [0.15, 0.2) is 23.1 Å². The van der Waals surface area contributed by atoms with Gasteiger partial charge in [0.05, 0.1) is 15.5 Å². The second-order valence-electron chi connectivity index (χ2n) is 2.35. The van der Waals surface area contributed by atoms with Gasteiger partial charge in [-0.1, -0.05) is 17.7 Å². The number of rotatable bonds is 1. The minimum absolute atomic E-state index is 0.437. The van der Waals surface area contributed by atoms with Crippen LogP contribution in [-0.2, 0) is 17.3 Å². The Kier molecular flexibility index (Phi) is 3.18. The zero-order valence-electron chi connectivity index (χ0n) is 6.47. The van der Waals surface area contributed by atoms with Gasteiger partial charge in [-0.05, 0) is 23.2 Å². The molecule has 1 atom stereocenters. The summed E-state index contributed by atoms with van der Waals surface area (Å²) in [6.07, 6.45) is -4.72. The van der Waals surface area contributed by atoms with Crippen LogP contribution in [0.5, 0.6) is 0 Å². The summed E-state index contributed by atoms with van der Waals surface area (Å²) < 4.78 is 57.8. The van der Waals surface area contributed by atoms with E-state index in [2.05, 4.69) is 0 Å². The van der Waals surface area contributed by atoms with Gasteiger partial charge < -0.3 is 4.55 Å². The van der Waals surface area contributed by atoms with E-state index in [1.165, 1.54) is 0 Å². The molecular weight excluding hydrogens is 241 g/mol. The molecule has 1 aromatic carbocycles. The van der Waals surface area contributed by atoms with Crippen molar-refractivity contribution in [1.29, 1.82) is 0 Å². The second kappa shape index (κ2) is 3.88. The summed E-state index contributed by atoms with van der Waals surface area (Å²) in [5, 5.41) is -0.437. The van der Waals surface area contributed by atoms with Crippen LogP contribution in [-0.4, -0.2) is 8.76 Å². The molecule has 1 aromatic rings. The molecule has 2 nitrogen and oxygen atoms in total. The van der Waals surface area contributed by atoms with Crippen molar-refractivity contribution in [2.75, 3.05) is 0 Å². The second-order valence-corrected chi connectivity index (χ2v) is 3.63. The average molecular weight is 244 g/mol. The Bertz CT molecular complexity index is 378. The zero-order valence-corrected chi connectivity index (χ0v) is 8.04. The third kappa shape index (κ3) is 2.26. The van der Waals surface area contributed by atoms with Crippen LogP contribution in [0.4, 0.5) is 13.2 Å². The zero-order chi connectivity index (χ0) is 10.9. The summed E-state index contributed by atoms with van der Waals surface area (Å²) in [5.41, 5.74) is -1.25. The predicted octanol–water partition coefficient (Wildman–Crippen LogP) is 2.60. The van der Waals surface area contributed by atoms with Gasteiger partial charge >= 0.3 is 6.18 Å². The Hall–Kier alpha value is -0.590. The molecule has 1 unspecified atom stereocenters. The van der Waals surface area contributed by atoms with Gasteiger partial charge in [-0.3, -0.25) is 4.21 Å². The molecule has 0 heterocycles. The molecule has 0 saturated heterocycles. The summed E-state index contributed by atoms with van der Waals surface area (Å²) in [7, 11) is 0. The Morgan fingerprint density at radius 2 is 1.93 bits per heavy atom. The highest BCUT2D eigenvalue weighted by atomic mass is 35.5. The van der Waals surface area contributed by atoms with E-state index in [4.69, 9.17) is 11.6 Å². The molecule has 0 aliphatic rings. The first kappa shape index (κ1) is 11.5. The molecule has 0 aliphatic carbocycles. The molecule has 1 rings (SSSR count). The van der Waals surface area contributed by atoms with E-state index >= 15 is 0 Å². The largest absolute Gasteiger partial charge is 0.768 e. The number of benzene rings is 1. The Morgan fingerprint density at radius 1 is 1.36 bits per heavy atom. The fraction of sp³-hybridized carbons (Fsp3) is 0.143. The first-order chi connectivity index (χ1) is 6.34. The highest BCUT2D eigenvalue weighted by Crippen LogP contribution is 2.36. The van der Waals surface area contributed by atoms with Crippen molar-refractivity contribution in [2.24, 2.45) is 0 Å². The van der Waals surface area contributed by atoms with Gasteiger partial charge in [-0.25, -0.2) is 0 Å². The fourth-order valence-corrected chi connectivity index (χ4v) is 1.86. The minimum atomic E-state index is -4.72. The van der Waals surface area contributed by atoms with Crippen LogP contribution in [0, 0.1) is 0 Å². The first-order valence-electron chi connectivity index (χ1n) is 3.29. The molecule has 0 fully saturated rings. The van der Waals surface area contributed by atoms with Crippen molar-refractivity contribution in [3.63, 3.8) is 0 Å². The van der Waals surface area contributed by atoms with Gasteiger partial charge in [0, 0.05) is 0 Å². The van der Waals surface area contributed by atoms with Crippen LogP contribution in [0.1, 0.15) is 5.56 Å². The predicted molar refractivity (Wildman–Crippen MR) is 43.6 cm³/mol. The molecule has 0 bridgehead atoms. The van der Waals surface area contributed by atoms with Crippen molar-refractivity contribution in [2.45, 2.75) is 11.1 Å². The number of halogens is 4. The number of hydrogen-bond donors (Lipinski definition) is 0. The first-order valence-corrected chi connectivity index (χ1v) is 4.74. The molecule has 0 N–H and O–H groups in total. The quantitative estimate of drug-likeness (QED) is 0.712. The normalized spacial score (nSPS) is 14.1. The monoisotopic (exact) mass is 243 g/mol. The van der Waals surface area contributed by atoms with Gasteiger partial charge in [0.15, 0.2) is 0 Å². The maximum atomic E-state index is 12.3. The standard InChI is InChI=1S/C7H4ClF3O2S/c8-5-3-1-2-4(7(9,10)11)6(5)14(12)13/h1-3H,(H,12,13)/p-1. The van der Waals surface area contributed by atoms with E-state index in [1.54, 1.807) is 0 Å². The average Bonchev–Trinajstić information content (AvgIpc) is 2.01. The molecule has 78 valence electrons. The topological polar surface area (TPSA) is 40.1 Å². The van der Waals surface area contributed by atoms with Crippen molar-refractivity contribution < 1.29 is 21.9 Å². The van der Waals surface area contributed by atoms with Gasteiger partial charge in [-0.2, -0.15) is 13.2 Å². The van der Waals surface area contributed by atoms with E-state index < -0.39 is 32.7 Å². The summed E-state index contributed by atoms with van der Waals surface area (Å²) in [5.74, 6) is 0. The third-order valence-electron chi connectivity index (χ3n) is 1.44. The van der Waals surface area contributed by atoms with E-state index in [0.717, 1.165) is 12.1 Å². The Morgan fingerprint density at radius 3 is 2.29 bits per heavy atom. The van der Waals surface area contributed by atoms with Gasteiger partial charge in [-0.15, -0.1) is 0 Å². The molecule has 0 aromatic heterocycles. The van der Waals surface area contributed by atoms with Gasteiger partial charge in [0.2, 0.25) is 0 Å². The lowest BCUT2D eigenvalue weighted by molar-refractivity contribution is -0.139. The van der Waals surface area contributed by atoms with Crippen molar-refractivity contribution in [1.82, 2.24) is 0 Å². The highest BCUT2D eigenvalue weighted by molar-refractivity contribution is 7.79. The minimum Gasteiger partial charge on any atom is -0.768 e. The number of hydrogen-bond acceptors (Lipinski definition) is 2. The maximum absolute atomic E-state index is 12.3. The van der Waals surface area contributed by atoms with Crippen molar-refractivity contribution in [3.05, 3.63) is 28.8 Å². The molecular formula is C7H3ClF3O2S-. The highest BCUT2D eigenvalue weighted by Gasteiger charge is 2.34. The van der Waals surface area contributed by atoms with Crippen LogP contribution >= 0.6 is 11.6 Å². The van der Waals surface area contributed by atoms with Crippen molar-refractivity contribution in [3.8, 4) is 0 Å². The molecule has 7 heteroatoms. The van der Waals surface area contributed by atoms with Crippen LogP contribution in [0.3, 0.4) is 0 Å². The third-order valence-corrected chi connectivity index (χ3v) is 2.64. The summed E-state index contributed by atoms with van der Waals surface area (Å²) in [6.45, 7) is 0. The molecule has 0 amide bonds. The number of alkyl halides is 3. The fourth-order valence-electron chi connectivity index (χ4n) is 0.901. The van der Waals surface area contributed by atoms with Crippen LogP contribution in [0.2, 0.25) is 5.02 Å². The van der Waals surface area contributed by atoms with Gasteiger partial charge in [0.1, 0.15) is 0 Å². The van der Waals surface area contributed by atoms with Crippen LogP contribution < -0.4 is 0 Å². The lowest BCUT2D eigenvalue weighted by atomic mass is 10.2. The lowest BCUT2D eigenvalue weighted by Gasteiger charge is -2.15. The van der Waals surface area contributed by atoms with Crippen LogP contribution in [0.25, 0.3) is 0 Å². The Balaban J connectivity index is 3.44. The molecule has 0 saturated carbocycles. The molecule has 0 spiro atoms. The molecule has 0 radical (unpaired) electrons. The van der Waals surface area contributed by atoms with Gasteiger partial charge in [0.25, 0.3) is 0 Å². The lowest BCUT2D eigenvalue weighted by Crippen LogP contribution is -2.10. The summed E-state index contributed by atoms with van der Waals surface area (Å²) in [4.78, 5) is -0.915. The maximum Gasteiger partial charge on any atom is 0.417 e. The van der Waals surface area contributed by atoms with E-state index in [0.29, 0.717) is 6.07 Å². The summed E-state index contributed by atoms with van der Waals surface area (Å²) in [6, 6.07) is 2.79. The van der Waals surface area contributed by atoms with E-state index in [9.17, 15) is 21.9 Å². The van der Waals surface area contributed by atoms with Crippen molar-refractivity contribution >= 4 is 22.7 Å². The summed E-state index contributed by atoms with van der Waals surface area (Å²) >= 11 is 2.34. The Labute approximate surface area is 85.0 Å². The SMILES string of the molecule is O=S([O-])c1c(Cl)cccc1C(F)(F)F. The molecule has 0 aliphatic heterocycles.